The summed E-state index contributed by atoms with van der Waals surface area (Å²) in [5.41, 5.74) is 4.92. The minimum Gasteiger partial charge on any atom is -0.495 e. The Bertz CT molecular complexity index is 1590. The molecule has 12 heteroatoms. The first kappa shape index (κ1) is 33.0. The number of ether oxygens (including phenoxy) is 2. The summed E-state index contributed by atoms with van der Waals surface area (Å²) in [6.45, 7) is 5.92. The smallest absolute Gasteiger partial charge is 0.270 e. The van der Waals surface area contributed by atoms with E-state index in [4.69, 9.17) is 26.8 Å². The average Bonchev–Trinajstić information content (AvgIpc) is 3.46. The molecule has 0 saturated carbocycles. The maximum Gasteiger partial charge on any atom is 0.270 e. The third kappa shape index (κ3) is 6.08. The number of benzene rings is 3. The second-order valence-corrected chi connectivity index (χ2v) is 13.2. The summed E-state index contributed by atoms with van der Waals surface area (Å²) in [5.74, 6) is -0.693. The molecule has 2 aliphatic heterocycles. The standard InChI is InChI=1S/C31H35ClFN3O5S.ClH/c1-20(2)41-22-9-11-23(12-10-22)42(38,39)36-28-18-29(40-3)26(32)17-25(28)31(30(36)37,24-7-4-5-8-27(24)33)14-6-15-35-16-13-21(34)19-35;/h4-5,7-12,17-18,20-21H,6,13-16,19,34H2,1-3H3;1H/t21-,31?;/m1./s1. The maximum absolute atomic E-state index is 15.7. The largest absolute Gasteiger partial charge is 0.495 e. The summed E-state index contributed by atoms with van der Waals surface area (Å²) < 4.78 is 56.0. The van der Waals surface area contributed by atoms with Gasteiger partial charge >= 0.3 is 0 Å². The molecule has 2 aliphatic rings. The lowest BCUT2D eigenvalue weighted by molar-refractivity contribution is -0.121. The fourth-order valence-electron chi connectivity index (χ4n) is 5.99. The summed E-state index contributed by atoms with van der Waals surface area (Å²) in [7, 11) is -3.04. The molecule has 43 heavy (non-hydrogen) atoms. The molecular formula is C31H36Cl2FN3O5S. The Labute approximate surface area is 263 Å². The molecule has 232 valence electrons. The van der Waals surface area contributed by atoms with Crippen molar-refractivity contribution < 1.29 is 27.1 Å². The molecule has 8 nitrogen and oxygen atoms in total. The molecule has 3 aromatic rings. The zero-order valence-corrected chi connectivity index (χ0v) is 26.6. The number of hydrogen-bond acceptors (Lipinski definition) is 7. The van der Waals surface area contributed by atoms with Gasteiger partial charge in [-0.15, -0.1) is 12.4 Å². The van der Waals surface area contributed by atoms with Gasteiger partial charge in [-0.3, -0.25) is 4.79 Å². The van der Waals surface area contributed by atoms with Gasteiger partial charge in [-0.05, 0) is 88.2 Å². The van der Waals surface area contributed by atoms with Crippen molar-refractivity contribution in [3.05, 3.63) is 82.6 Å². The van der Waals surface area contributed by atoms with Gasteiger partial charge in [0.25, 0.3) is 15.9 Å². The number of sulfonamides is 1. The number of likely N-dealkylation sites (tertiary alicyclic amines) is 1. The van der Waals surface area contributed by atoms with Crippen LogP contribution in [0.3, 0.4) is 0 Å². The Morgan fingerprint density at radius 1 is 1.12 bits per heavy atom. The zero-order valence-electron chi connectivity index (χ0n) is 24.3. The third-order valence-corrected chi connectivity index (χ3v) is 9.91. The first-order valence-electron chi connectivity index (χ1n) is 14.0. The highest BCUT2D eigenvalue weighted by Gasteiger charge is 2.57. The Morgan fingerprint density at radius 3 is 2.42 bits per heavy atom. The average molecular weight is 653 g/mol. The Morgan fingerprint density at radius 2 is 1.81 bits per heavy atom. The van der Waals surface area contributed by atoms with Crippen molar-refractivity contribution in [1.82, 2.24) is 4.90 Å². The lowest BCUT2D eigenvalue weighted by atomic mass is 9.72. The van der Waals surface area contributed by atoms with E-state index in [1.807, 2.05) is 13.8 Å². The minimum absolute atomic E-state index is 0. The van der Waals surface area contributed by atoms with Crippen LogP contribution in [-0.2, 0) is 20.2 Å². The Kier molecular flexibility index (Phi) is 9.98. The van der Waals surface area contributed by atoms with Gasteiger partial charge in [0, 0.05) is 24.2 Å². The Hall–Kier alpha value is -2.89. The number of carbonyl (C=O) groups excluding carboxylic acids is 1. The van der Waals surface area contributed by atoms with Crippen molar-refractivity contribution in [3.8, 4) is 11.5 Å². The summed E-state index contributed by atoms with van der Waals surface area (Å²) in [5, 5.41) is 0.185. The Balaban J connectivity index is 0.00000423. The van der Waals surface area contributed by atoms with E-state index in [-0.39, 0.29) is 57.9 Å². The van der Waals surface area contributed by atoms with E-state index in [0.29, 0.717) is 24.3 Å². The van der Waals surface area contributed by atoms with Crippen molar-refractivity contribution in [3.63, 3.8) is 0 Å². The van der Waals surface area contributed by atoms with Gasteiger partial charge in [-0.1, -0.05) is 29.8 Å². The van der Waals surface area contributed by atoms with E-state index < -0.39 is 27.2 Å². The number of fused-ring (bicyclic) bond motifs is 1. The molecule has 1 amide bonds. The SMILES string of the molecule is COc1cc2c(cc1Cl)C(CCCN1CC[C@@H](N)C1)(c1ccccc1F)C(=O)N2S(=O)(=O)c1ccc(OC(C)C)cc1.Cl. The number of amides is 1. The number of nitrogens with two attached hydrogens (primary N) is 1. The zero-order chi connectivity index (χ0) is 30.2. The molecule has 0 aromatic heterocycles. The second-order valence-electron chi connectivity index (χ2n) is 11.1. The molecule has 2 N–H and O–H groups in total. The van der Waals surface area contributed by atoms with Crippen molar-refractivity contribution in [2.75, 3.05) is 31.0 Å². The quantitative estimate of drug-likeness (QED) is 0.307. The van der Waals surface area contributed by atoms with E-state index in [9.17, 15) is 13.2 Å². The van der Waals surface area contributed by atoms with Gasteiger partial charge in [-0.25, -0.2) is 17.1 Å². The normalized spacial score (nSPS) is 20.3. The minimum atomic E-state index is -4.44. The van der Waals surface area contributed by atoms with Gasteiger partial charge in [0.05, 0.1) is 28.8 Å². The molecule has 5 rings (SSSR count). The van der Waals surface area contributed by atoms with Gasteiger partial charge in [0.15, 0.2) is 0 Å². The molecule has 2 atom stereocenters. The van der Waals surface area contributed by atoms with Crippen LogP contribution in [0.15, 0.2) is 65.6 Å². The van der Waals surface area contributed by atoms with Gasteiger partial charge < -0.3 is 20.1 Å². The lowest BCUT2D eigenvalue weighted by Gasteiger charge is -2.30. The molecule has 0 spiro atoms. The lowest BCUT2D eigenvalue weighted by Crippen LogP contribution is -2.45. The molecule has 1 saturated heterocycles. The summed E-state index contributed by atoms with van der Waals surface area (Å²) in [6, 6.07) is 14.9. The molecular weight excluding hydrogens is 616 g/mol. The van der Waals surface area contributed by atoms with E-state index in [1.165, 1.54) is 49.6 Å². The van der Waals surface area contributed by atoms with Crippen LogP contribution < -0.4 is 19.5 Å². The van der Waals surface area contributed by atoms with Crippen molar-refractivity contribution in [2.24, 2.45) is 5.73 Å². The van der Waals surface area contributed by atoms with Crippen molar-refractivity contribution >= 4 is 45.6 Å². The van der Waals surface area contributed by atoms with Crippen molar-refractivity contribution in [2.45, 2.75) is 55.6 Å². The highest BCUT2D eigenvalue weighted by atomic mass is 35.5. The first-order chi connectivity index (χ1) is 20.0. The number of methoxy groups -OCH3 is 1. The van der Waals surface area contributed by atoms with E-state index in [1.54, 1.807) is 18.2 Å². The van der Waals surface area contributed by atoms with E-state index in [2.05, 4.69) is 4.90 Å². The summed E-state index contributed by atoms with van der Waals surface area (Å²) >= 11 is 6.57. The molecule has 3 aromatic carbocycles. The molecule has 1 unspecified atom stereocenters. The van der Waals surface area contributed by atoms with Crippen molar-refractivity contribution in [1.29, 1.82) is 0 Å². The number of anilines is 1. The van der Waals surface area contributed by atoms with Crippen LogP contribution >= 0.6 is 24.0 Å². The van der Waals surface area contributed by atoms with Gasteiger partial charge in [0.2, 0.25) is 0 Å². The van der Waals surface area contributed by atoms with Crippen LogP contribution in [0.25, 0.3) is 0 Å². The highest BCUT2D eigenvalue weighted by molar-refractivity contribution is 7.93. The second kappa shape index (κ2) is 13.0. The monoisotopic (exact) mass is 651 g/mol. The van der Waals surface area contributed by atoms with Gasteiger partial charge in [0.1, 0.15) is 22.7 Å². The number of halogens is 3. The number of nitrogens with zero attached hydrogens (tertiary/aromatic N) is 2. The van der Waals surface area contributed by atoms with Crippen LogP contribution in [-0.4, -0.2) is 58.1 Å². The van der Waals surface area contributed by atoms with Gasteiger partial charge in [-0.2, -0.15) is 0 Å². The van der Waals surface area contributed by atoms with Crippen LogP contribution in [0.2, 0.25) is 5.02 Å². The number of carbonyl (C=O) groups is 1. The highest BCUT2D eigenvalue weighted by Crippen LogP contribution is 2.53. The van der Waals surface area contributed by atoms with Crippen LogP contribution in [0.5, 0.6) is 11.5 Å². The number of hydrogen-bond donors (Lipinski definition) is 1. The van der Waals surface area contributed by atoms with E-state index >= 15 is 4.39 Å². The summed E-state index contributed by atoms with van der Waals surface area (Å²) in [4.78, 5) is 16.8. The topological polar surface area (TPSA) is 102 Å². The maximum atomic E-state index is 15.7. The molecule has 0 radical (unpaired) electrons. The first-order valence-corrected chi connectivity index (χ1v) is 15.8. The predicted octanol–water partition coefficient (Wildman–Crippen LogP) is 5.53. The molecule has 2 heterocycles. The van der Waals surface area contributed by atoms with Crippen LogP contribution in [0.4, 0.5) is 10.1 Å². The van der Waals surface area contributed by atoms with E-state index in [0.717, 1.165) is 23.8 Å². The fraction of sp³-hybridized carbons (Fsp3) is 0.387. The molecule has 1 fully saturated rings. The number of rotatable bonds is 10. The summed E-state index contributed by atoms with van der Waals surface area (Å²) in [6.07, 6.45) is 1.42. The molecule has 0 aliphatic carbocycles. The third-order valence-electron chi connectivity index (χ3n) is 7.90. The van der Waals surface area contributed by atoms with Crippen LogP contribution in [0.1, 0.15) is 44.2 Å². The van der Waals surface area contributed by atoms with Crippen LogP contribution in [0, 0.1) is 5.82 Å². The fourth-order valence-corrected chi connectivity index (χ4v) is 7.71. The molecule has 0 bridgehead atoms. The predicted molar refractivity (Wildman–Crippen MR) is 168 cm³/mol.